The van der Waals surface area contributed by atoms with Gasteiger partial charge in [-0.2, -0.15) is 5.26 Å². The van der Waals surface area contributed by atoms with Crippen LogP contribution in [0.1, 0.15) is 5.69 Å². The van der Waals surface area contributed by atoms with Crippen LogP contribution in [0.25, 0.3) is 10.8 Å². The summed E-state index contributed by atoms with van der Waals surface area (Å²) < 4.78 is 1.85. The monoisotopic (exact) mass is 310 g/mol. The van der Waals surface area contributed by atoms with E-state index in [0.717, 1.165) is 19.7 Å². The largest absolute Gasteiger partial charge is 0.244 e. The molecule has 14 heavy (non-hydrogen) atoms. The van der Waals surface area contributed by atoms with Gasteiger partial charge in [-0.15, -0.1) is 0 Å². The van der Waals surface area contributed by atoms with Crippen LogP contribution in [-0.4, -0.2) is 4.98 Å². The van der Waals surface area contributed by atoms with E-state index in [0.29, 0.717) is 5.69 Å². The molecular weight excluding hydrogens is 308 g/mol. The van der Waals surface area contributed by atoms with E-state index in [1.165, 1.54) is 0 Å². The van der Waals surface area contributed by atoms with Gasteiger partial charge in [-0.1, -0.05) is 22.0 Å². The van der Waals surface area contributed by atoms with Gasteiger partial charge in [0.1, 0.15) is 11.8 Å². The Morgan fingerprint density at radius 2 is 2.00 bits per heavy atom. The Morgan fingerprint density at radius 3 is 2.71 bits per heavy atom. The molecule has 2 aromatic rings. The van der Waals surface area contributed by atoms with Crippen molar-refractivity contribution >= 4 is 42.6 Å². The number of nitrogens with zero attached hydrogens (tertiary/aromatic N) is 2. The number of halogens is 2. The molecule has 2 rings (SSSR count). The molecule has 68 valence electrons. The molecule has 2 nitrogen and oxygen atoms in total. The normalized spacial score (nSPS) is 10.1. The summed E-state index contributed by atoms with van der Waals surface area (Å²) in [6, 6.07) is 7.86. The lowest BCUT2D eigenvalue weighted by molar-refractivity contribution is 1.28. The van der Waals surface area contributed by atoms with E-state index in [2.05, 4.69) is 42.9 Å². The van der Waals surface area contributed by atoms with Crippen LogP contribution < -0.4 is 0 Å². The fourth-order valence-corrected chi connectivity index (χ4v) is 2.08. The second kappa shape index (κ2) is 3.68. The fourth-order valence-electron chi connectivity index (χ4n) is 1.27. The molecule has 0 fully saturated rings. The van der Waals surface area contributed by atoms with Crippen molar-refractivity contribution < 1.29 is 0 Å². The van der Waals surface area contributed by atoms with E-state index >= 15 is 0 Å². The van der Waals surface area contributed by atoms with Crippen LogP contribution in [0.4, 0.5) is 0 Å². The molecule has 0 radical (unpaired) electrons. The average molecular weight is 312 g/mol. The van der Waals surface area contributed by atoms with E-state index in [1.807, 2.05) is 18.2 Å². The van der Waals surface area contributed by atoms with Crippen LogP contribution in [0, 0.1) is 11.3 Å². The Balaban J connectivity index is 2.94. The summed E-state index contributed by atoms with van der Waals surface area (Å²) in [4.78, 5) is 4.04. The number of hydrogen-bond acceptors (Lipinski definition) is 2. The summed E-state index contributed by atoms with van der Waals surface area (Å²) in [7, 11) is 0. The molecular formula is C10H4Br2N2. The first-order valence-corrected chi connectivity index (χ1v) is 5.45. The third-order valence-corrected chi connectivity index (χ3v) is 3.03. The Kier molecular flexibility index (Phi) is 2.53. The van der Waals surface area contributed by atoms with Gasteiger partial charge in [-0.05, 0) is 28.1 Å². The number of aromatic nitrogens is 1. The molecule has 0 aliphatic rings. The highest BCUT2D eigenvalue weighted by Crippen LogP contribution is 2.27. The summed E-state index contributed by atoms with van der Waals surface area (Å²) in [5.74, 6) is 0. The van der Waals surface area contributed by atoms with Crippen molar-refractivity contribution in [2.75, 3.05) is 0 Å². The third kappa shape index (κ3) is 1.54. The molecule has 0 saturated heterocycles. The maximum atomic E-state index is 8.87. The molecule has 0 amide bonds. The van der Waals surface area contributed by atoms with Crippen LogP contribution >= 0.6 is 31.9 Å². The number of pyridine rings is 1. The van der Waals surface area contributed by atoms with Gasteiger partial charge in [0.05, 0.1) is 0 Å². The molecule has 0 spiro atoms. The van der Waals surface area contributed by atoms with E-state index in [1.54, 1.807) is 6.20 Å². The van der Waals surface area contributed by atoms with Gasteiger partial charge >= 0.3 is 0 Å². The molecule has 0 bridgehead atoms. The Labute approximate surface area is 97.8 Å². The summed E-state index contributed by atoms with van der Waals surface area (Å²) >= 11 is 6.77. The van der Waals surface area contributed by atoms with E-state index in [-0.39, 0.29) is 0 Å². The number of benzene rings is 1. The summed E-state index contributed by atoms with van der Waals surface area (Å²) in [6.45, 7) is 0. The molecule has 1 aromatic heterocycles. The zero-order chi connectivity index (χ0) is 10.1. The Bertz CT molecular complexity index is 544. The molecule has 4 heteroatoms. The zero-order valence-corrected chi connectivity index (χ0v) is 10.1. The van der Waals surface area contributed by atoms with Crippen LogP contribution in [0.15, 0.2) is 33.3 Å². The summed E-state index contributed by atoms with van der Waals surface area (Å²) in [5.41, 5.74) is 0.449. The van der Waals surface area contributed by atoms with Crippen LogP contribution in [0.2, 0.25) is 0 Å². The summed E-state index contributed by atoms with van der Waals surface area (Å²) in [6.07, 6.45) is 1.65. The number of hydrogen-bond donors (Lipinski definition) is 0. The molecule has 1 heterocycles. The van der Waals surface area contributed by atoms with Crippen molar-refractivity contribution in [2.24, 2.45) is 0 Å². The fraction of sp³-hybridized carbons (Fsp3) is 0. The van der Waals surface area contributed by atoms with Crippen molar-refractivity contribution in [3.63, 3.8) is 0 Å². The first-order valence-electron chi connectivity index (χ1n) is 3.86. The Hall–Kier alpha value is -0.920. The predicted molar refractivity (Wildman–Crippen MR) is 61.9 cm³/mol. The van der Waals surface area contributed by atoms with Gasteiger partial charge < -0.3 is 0 Å². The highest BCUT2D eigenvalue weighted by atomic mass is 79.9. The maximum absolute atomic E-state index is 8.87. The minimum Gasteiger partial charge on any atom is -0.244 e. The second-order valence-electron chi connectivity index (χ2n) is 2.76. The number of fused-ring (bicyclic) bond motifs is 1. The van der Waals surface area contributed by atoms with Crippen molar-refractivity contribution in [3.8, 4) is 6.07 Å². The van der Waals surface area contributed by atoms with Gasteiger partial charge in [0.25, 0.3) is 0 Å². The van der Waals surface area contributed by atoms with Gasteiger partial charge in [0.15, 0.2) is 0 Å². The predicted octanol–water partition coefficient (Wildman–Crippen LogP) is 3.63. The highest BCUT2D eigenvalue weighted by molar-refractivity contribution is 9.11. The lowest BCUT2D eigenvalue weighted by atomic mass is 10.1. The second-order valence-corrected chi connectivity index (χ2v) is 4.53. The molecule has 0 N–H and O–H groups in total. The Morgan fingerprint density at radius 1 is 1.21 bits per heavy atom. The quantitative estimate of drug-likeness (QED) is 0.745. The first-order chi connectivity index (χ1) is 6.72. The van der Waals surface area contributed by atoms with Crippen LogP contribution in [-0.2, 0) is 0 Å². The smallest absolute Gasteiger partial charge is 0.148 e. The molecule has 0 aliphatic heterocycles. The van der Waals surface area contributed by atoms with Gasteiger partial charge in [0, 0.05) is 25.9 Å². The van der Waals surface area contributed by atoms with Crippen molar-refractivity contribution in [2.45, 2.75) is 0 Å². The standard InChI is InChI=1S/C10H4Br2N2/c11-6-1-2-7-8(3-6)10(4-13)14-5-9(7)12/h1-3,5H. The SMILES string of the molecule is N#Cc1ncc(Br)c2ccc(Br)cc12. The number of rotatable bonds is 0. The van der Waals surface area contributed by atoms with Crippen LogP contribution in [0.5, 0.6) is 0 Å². The van der Waals surface area contributed by atoms with E-state index in [4.69, 9.17) is 5.26 Å². The van der Waals surface area contributed by atoms with Crippen molar-refractivity contribution in [3.05, 3.63) is 39.0 Å². The van der Waals surface area contributed by atoms with Crippen molar-refractivity contribution in [1.82, 2.24) is 4.98 Å². The summed E-state index contributed by atoms with van der Waals surface area (Å²) in [5, 5.41) is 10.7. The lowest BCUT2D eigenvalue weighted by Gasteiger charge is -2.02. The highest BCUT2D eigenvalue weighted by Gasteiger charge is 2.05. The van der Waals surface area contributed by atoms with Crippen molar-refractivity contribution in [1.29, 1.82) is 5.26 Å². The molecule has 0 saturated carbocycles. The third-order valence-electron chi connectivity index (χ3n) is 1.91. The molecule has 0 aliphatic carbocycles. The minimum atomic E-state index is 0.449. The van der Waals surface area contributed by atoms with Gasteiger partial charge in [0.2, 0.25) is 0 Å². The molecule has 0 atom stereocenters. The van der Waals surface area contributed by atoms with Crippen LogP contribution in [0.3, 0.4) is 0 Å². The molecule has 0 unspecified atom stereocenters. The van der Waals surface area contributed by atoms with E-state index < -0.39 is 0 Å². The average Bonchev–Trinajstić information content (AvgIpc) is 2.18. The zero-order valence-electron chi connectivity index (χ0n) is 6.96. The topological polar surface area (TPSA) is 36.7 Å². The van der Waals surface area contributed by atoms with E-state index in [9.17, 15) is 0 Å². The van der Waals surface area contributed by atoms with Gasteiger partial charge in [-0.3, -0.25) is 0 Å². The first kappa shape index (κ1) is 9.63. The van der Waals surface area contributed by atoms with Gasteiger partial charge in [-0.25, -0.2) is 4.98 Å². The maximum Gasteiger partial charge on any atom is 0.148 e. The minimum absolute atomic E-state index is 0.449. The lowest BCUT2D eigenvalue weighted by Crippen LogP contribution is -1.86. The molecule has 1 aromatic carbocycles. The number of nitriles is 1.